The predicted molar refractivity (Wildman–Crippen MR) is 129 cm³/mol. The Bertz CT molecular complexity index is 1070. The number of amides is 2. The van der Waals surface area contributed by atoms with Crippen molar-refractivity contribution in [3.8, 4) is 5.75 Å². The van der Waals surface area contributed by atoms with Crippen LogP contribution in [-0.2, 0) is 9.59 Å². The smallest absolute Gasteiger partial charge is 0.242 e. The Kier molecular flexibility index (Phi) is 7.12. The third-order valence-electron chi connectivity index (χ3n) is 5.11. The number of ether oxygens (including phenoxy) is 1. The van der Waals surface area contributed by atoms with Crippen LogP contribution in [-0.4, -0.2) is 18.4 Å². The molecule has 5 nitrogen and oxygen atoms in total. The number of thioether (sulfide) groups is 1. The van der Waals surface area contributed by atoms with Crippen molar-refractivity contribution < 1.29 is 14.3 Å². The molecule has 4 rings (SSSR count). The SMILES string of the molecule is CCOc1ccccc1NC(=O)C(Sc1ccc(NC(=O)C2CC2)cc1)c1ccccc1. The summed E-state index contributed by atoms with van der Waals surface area (Å²) in [6, 6.07) is 24.8. The van der Waals surface area contributed by atoms with Crippen molar-refractivity contribution in [2.24, 2.45) is 5.92 Å². The number of nitrogens with one attached hydrogen (secondary N) is 2. The van der Waals surface area contributed by atoms with Gasteiger partial charge in [0.25, 0.3) is 0 Å². The zero-order valence-electron chi connectivity index (χ0n) is 17.9. The van der Waals surface area contributed by atoms with Gasteiger partial charge in [0.05, 0.1) is 12.3 Å². The summed E-state index contributed by atoms with van der Waals surface area (Å²) in [5.41, 5.74) is 2.34. The van der Waals surface area contributed by atoms with Gasteiger partial charge in [-0.3, -0.25) is 9.59 Å². The number of anilines is 2. The van der Waals surface area contributed by atoms with Crippen molar-refractivity contribution in [3.05, 3.63) is 84.4 Å². The number of para-hydroxylation sites is 2. The molecule has 0 aliphatic heterocycles. The van der Waals surface area contributed by atoms with Crippen LogP contribution >= 0.6 is 11.8 Å². The molecular formula is C26H26N2O3S. The number of hydrogen-bond acceptors (Lipinski definition) is 4. The van der Waals surface area contributed by atoms with Gasteiger partial charge in [0.2, 0.25) is 11.8 Å². The molecule has 0 saturated heterocycles. The summed E-state index contributed by atoms with van der Waals surface area (Å²) in [6.45, 7) is 2.44. The van der Waals surface area contributed by atoms with E-state index in [1.807, 2.05) is 85.8 Å². The quantitative estimate of drug-likeness (QED) is 0.401. The first kappa shape index (κ1) is 22.0. The van der Waals surface area contributed by atoms with Crippen molar-refractivity contribution in [1.29, 1.82) is 0 Å². The van der Waals surface area contributed by atoms with Crippen LogP contribution in [0.4, 0.5) is 11.4 Å². The molecule has 1 aliphatic rings. The molecule has 1 saturated carbocycles. The van der Waals surface area contributed by atoms with Gasteiger partial charge in [-0.1, -0.05) is 42.5 Å². The first-order chi connectivity index (χ1) is 15.6. The van der Waals surface area contributed by atoms with Gasteiger partial charge in [0.1, 0.15) is 11.0 Å². The van der Waals surface area contributed by atoms with E-state index in [0.717, 1.165) is 29.0 Å². The maximum atomic E-state index is 13.3. The Labute approximate surface area is 192 Å². The van der Waals surface area contributed by atoms with E-state index in [1.165, 1.54) is 11.8 Å². The molecule has 1 fully saturated rings. The van der Waals surface area contributed by atoms with Crippen molar-refractivity contribution in [3.63, 3.8) is 0 Å². The van der Waals surface area contributed by atoms with Gasteiger partial charge in [0.15, 0.2) is 0 Å². The maximum Gasteiger partial charge on any atom is 0.242 e. The highest BCUT2D eigenvalue weighted by Crippen LogP contribution is 2.38. The second kappa shape index (κ2) is 10.4. The van der Waals surface area contributed by atoms with Gasteiger partial charge in [-0.15, -0.1) is 11.8 Å². The van der Waals surface area contributed by atoms with Crippen LogP contribution in [0.1, 0.15) is 30.6 Å². The molecule has 6 heteroatoms. The second-order valence-electron chi connectivity index (χ2n) is 7.61. The van der Waals surface area contributed by atoms with Crippen LogP contribution in [0.15, 0.2) is 83.8 Å². The van der Waals surface area contributed by atoms with Gasteiger partial charge in [-0.05, 0) is 61.7 Å². The largest absolute Gasteiger partial charge is 0.492 e. The van der Waals surface area contributed by atoms with E-state index >= 15 is 0 Å². The highest BCUT2D eigenvalue weighted by atomic mass is 32.2. The molecule has 3 aromatic carbocycles. The Morgan fingerprint density at radius 1 is 0.938 bits per heavy atom. The lowest BCUT2D eigenvalue weighted by molar-refractivity contribution is -0.117. The normalized spacial score (nSPS) is 13.8. The van der Waals surface area contributed by atoms with Gasteiger partial charge < -0.3 is 15.4 Å². The summed E-state index contributed by atoms with van der Waals surface area (Å²) in [5, 5.41) is 5.53. The maximum absolute atomic E-state index is 13.3. The molecule has 32 heavy (non-hydrogen) atoms. The van der Waals surface area contributed by atoms with Crippen molar-refractivity contribution in [2.75, 3.05) is 17.2 Å². The first-order valence-electron chi connectivity index (χ1n) is 10.8. The van der Waals surface area contributed by atoms with E-state index in [9.17, 15) is 9.59 Å². The van der Waals surface area contributed by atoms with Gasteiger partial charge in [0, 0.05) is 16.5 Å². The van der Waals surface area contributed by atoms with E-state index in [0.29, 0.717) is 18.0 Å². The van der Waals surface area contributed by atoms with E-state index in [4.69, 9.17) is 4.74 Å². The molecule has 164 valence electrons. The van der Waals surface area contributed by atoms with Gasteiger partial charge >= 0.3 is 0 Å². The third kappa shape index (κ3) is 5.71. The number of carbonyl (C=O) groups is 2. The van der Waals surface area contributed by atoms with Crippen LogP contribution in [0.3, 0.4) is 0 Å². The fraction of sp³-hybridized carbons (Fsp3) is 0.231. The third-order valence-corrected chi connectivity index (χ3v) is 6.38. The Hall–Kier alpha value is -3.25. The number of hydrogen-bond donors (Lipinski definition) is 2. The zero-order valence-corrected chi connectivity index (χ0v) is 18.7. The van der Waals surface area contributed by atoms with E-state index in [1.54, 1.807) is 0 Å². The second-order valence-corrected chi connectivity index (χ2v) is 8.79. The zero-order chi connectivity index (χ0) is 22.3. The lowest BCUT2D eigenvalue weighted by Crippen LogP contribution is -2.19. The summed E-state index contributed by atoms with van der Waals surface area (Å²) >= 11 is 1.47. The summed E-state index contributed by atoms with van der Waals surface area (Å²) in [6.07, 6.45) is 1.94. The average Bonchev–Trinajstić information content (AvgIpc) is 3.66. The Balaban J connectivity index is 1.51. The number of benzene rings is 3. The van der Waals surface area contributed by atoms with E-state index < -0.39 is 5.25 Å². The molecular weight excluding hydrogens is 420 g/mol. The molecule has 0 heterocycles. The predicted octanol–water partition coefficient (Wildman–Crippen LogP) is 5.91. The average molecular weight is 447 g/mol. The van der Waals surface area contributed by atoms with Crippen molar-refractivity contribution in [1.82, 2.24) is 0 Å². The molecule has 1 atom stereocenters. The fourth-order valence-electron chi connectivity index (χ4n) is 3.29. The van der Waals surface area contributed by atoms with Crippen molar-refractivity contribution in [2.45, 2.75) is 29.9 Å². The summed E-state index contributed by atoms with van der Waals surface area (Å²) in [7, 11) is 0. The molecule has 2 N–H and O–H groups in total. The Morgan fingerprint density at radius 2 is 1.62 bits per heavy atom. The summed E-state index contributed by atoms with van der Waals surface area (Å²) in [5.74, 6) is 0.769. The van der Waals surface area contributed by atoms with Crippen molar-refractivity contribution >= 4 is 35.0 Å². The highest BCUT2D eigenvalue weighted by Gasteiger charge is 2.29. The molecule has 1 unspecified atom stereocenters. The molecule has 0 radical (unpaired) electrons. The fourth-order valence-corrected chi connectivity index (χ4v) is 4.32. The Morgan fingerprint density at radius 3 is 2.31 bits per heavy atom. The van der Waals surface area contributed by atoms with E-state index in [-0.39, 0.29) is 17.7 Å². The number of carbonyl (C=O) groups excluding carboxylic acids is 2. The monoisotopic (exact) mass is 446 g/mol. The first-order valence-corrected chi connectivity index (χ1v) is 11.7. The molecule has 0 spiro atoms. The molecule has 1 aliphatic carbocycles. The molecule has 3 aromatic rings. The van der Waals surface area contributed by atoms with E-state index in [2.05, 4.69) is 10.6 Å². The molecule has 0 aromatic heterocycles. The van der Waals surface area contributed by atoms with Crippen LogP contribution in [0.2, 0.25) is 0 Å². The summed E-state index contributed by atoms with van der Waals surface area (Å²) in [4.78, 5) is 26.2. The van der Waals surface area contributed by atoms with Gasteiger partial charge in [-0.2, -0.15) is 0 Å². The van der Waals surface area contributed by atoms with Crippen LogP contribution in [0.5, 0.6) is 5.75 Å². The minimum atomic E-state index is -0.446. The lowest BCUT2D eigenvalue weighted by Gasteiger charge is -2.18. The standard InChI is InChI=1S/C26H26N2O3S/c1-2-31-23-11-7-6-10-22(23)28-26(30)24(18-8-4-3-5-9-18)32-21-16-14-20(15-17-21)27-25(29)19-12-13-19/h3-11,14-17,19,24H,2,12-13H2,1H3,(H,27,29)(H,28,30). The highest BCUT2D eigenvalue weighted by molar-refractivity contribution is 8.00. The minimum Gasteiger partial charge on any atom is -0.492 e. The van der Waals surface area contributed by atoms with Crippen LogP contribution in [0.25, 0.3) is 0 Å². The van der Waals surface area contributed by atoms with Gasteiger partial charge in [-0.25, -0.2) is 0 Å². The summed E-state index contributed by atoms with van der Waals surface area (Å²) < 4.78 is 5.65. The molecule has 2 amide bonds. The molecule has 0 bridgehead atoms. The number of rotatable bonds is 9. The van der Waals surface area contributed by atoms with Crippen LogP contribution in [0, 0.1) is 5.92 Å². The topological polar surface area (TPSA) is 67.4 Å². The van der Waals surface area contributed by atoms with Crippen LogP contribution < -0.4 is 15.4 Å². The minimum absolute atomic E-state index is 0.0832. The lowest BCUT2D eigenvalue weighted by atomic mass is 10.1.